The maximum atomic E-state index is 4.05. The Labute approximate surface area is 98.3 Å². The molecule has 1 aliphatic rings. The molecule has 3 heteroatoms. The van der Waals surface area contributed by atoms with Gasteiger partial charge in [0.25, 0.3) is 0 Å². The molecule has 1 fully saturated rings. The van der Waals surface area contributed by atoms with Crippen LogP contribution < -0.4 is 5.32 Å². The summed E-state index contributed by atoms with van der Waals surface area (Å²) in [5.41, 5.74) is 0.533. The zero-order valence-electron chi connectivity index (χ0n) is 10.4. The highest BCUT2D eigenvalue weighted by atomic mass is 15.0. The molecule has 1 saturated carbocycles. The van der Waals surface area contributed by atoms with Crippen molar-refractivity contribution in [2.75, 3.05) is 6.54 Å². The average Bonchev–Trinajstić information content (AvgIpc) is 2.69. The number of nitrogens with one attached hydrogen (secondary N) is 1. The molecule has 1 unspecified atom stereocenters. The van der Waals surface area contributed by atoms with Gasteiger partial charge in [0.15, 0.2) is 0 Å². The van der Waals surface area contributed by atoms with Crippen LogP contribution in [0.4, 0.5) is 0 Å². The van der Waals surface area contributed by atoms with Crippen molar-refractivity contribution in [3.63, 3.8) is 0 Å². The second-order valence-corrected chi connectivity index (χ2v) is 5.71. The van der Waals surface area contributed by atoms with Crippen molar-refractivity contribution < 1.29 is 0 Å². The number of hydrogen-bond donors (Lipinski definition) is 1. The minimum atomic E-state index is 0.533. The molecule has 16 heavy (non-hydrogen) atoms. The van der Waals surface area contributed by atoms with Crippen molar-refractivity contribution >= 4 is 0 Å². The molecule has 1 aromatic heterocycles. The van der Waals surface area contributed by atoms with E-state index in [1.54, 1.807) is 0 Å². The van der Waals surface area contributed by atoms with Crippen LogP contribution in [-0.2, 0) is 6.54 Å². The van der Waals surface area contributed by atoms with E-state index in [9.17, 15) is 0 Å². The van der Waals surface area contributed by atoms with Gasteiger partial charge in [-0.05, 0) is 24.7 Å². The topological polar surface area (TPSA) is 29.9 Å². The molecule has 2 rings (SSSR count). The van der Waals surface area contributed by atoms with Gasteiger partial charge >= 0.3 is 0 Å². The summed E-state index contributed by atoms with van der Waals surface area (Å²) in [5.74, 6) is 0. The maximum Gasteiger partial charge on any atom is 0.0946 e. The van der Waals surface area contributed by atoms with Gasteiger partial charge in [-0.15, -0.1) is 0 Å². The third-order valence-electron chi connectivity index (χ3n) is 3.57. The Morgan fingerprint density at radius 2 is 2.38 bits per heavy atom. The van der Waals surface area contributed by atoms with Crippen LogP contribution in [0.2, 0.25) is 0 Å². The molecule has 1 aliphatic carbocycles. The van der Waals surface area contributed by atoms with Crippen LogP contribution in [0.3, 0.4) is 0 Å². The van der Waals surface area contributed by atoms with Crippen LogP contribution in [0.1, 0.15) is 39.5 Å². The normalized spacial score (nSPS) is 24.5. The summed E-state index contributed by atoms with van der Waals surface area (Å²) < 4.78 is 2.13. The van der Waals surface area contributed by atoms with E-state index in [1.807, 2.05) is 18.7 Å². The fourth-order valence-electron chi connectivity index (χ4n) is 2.69. The monoisotopic (exact) mass is 221 g/mol. The highest BCUT2D eigenvalue weighted by Gasteiger charge is 2.27. The zero-order chi connectivity index (χ0) is 11.4. The number of imidazole rings is 1. The first-order valence-electron chi connectivity index (χ1n) is 6.35. The molecule has 90 valence electrons. The Morgan fingerprint density at radius 3 is 3.06 bits per heavy atom. The van der Waals surface area contributed by atoms with Gasteiger partial charge in [-0.1, -0.05) is 20.3 Å². The minimum absolute atomic E-state index is 0.533. The lowest BCUT2D eigenvalue weighted by atomic mass is 9.75. The first kappa shape index (κ1) is 11.6. The second-order valence-electron chi connectivity index (χ2n) is 5.71. The molecule has 0 bridgehead atoms. The summed E-state index contributed by atoms with van der Waals surface area (Å²) in [7, 11) is 0. The van der Waals surface area contributed by atoms with Gasteiger partial charge in [-0.3, -0.25) is 0 Å². The summed E-state index contributed by atoms with van der Waals surface area (Å²) >= 11 is 0. The second kappa shape index (κ2) is 5.00. The minimum Gasteiger partial charge on any atom is -0.336 e. The fourth-order valence-corrected chi connectivity index (χ4v) is 2.69. The molecular weight excluding hydrogens is 198 g/mol. The standard InChI is InChI=1S/C13H23N3/c1-13(2)5-3-4-12(10-13)15-7-9-16-8-6-14-11-16/h6,8,11-12,15H,3-5,7,9-10H2,1-2H3. The lowest BCUT2D eigenvalue weighted by molar-refractivity contribution is 0.198. The molecule has 0 saturated heterocycles. The van der Waals surface area contributed by atoms with E-state index in [1.165, 1.54) is 25.7 Å². The van der Waals surface area contributed by atoms with E-state index >= 15 is 0 Å². The van der Waals surface area contributed by atoms with Gasteiger partial charge in [-0.2, -0.15) is 0 Å². The van der Waals surface area contributed by atoms with E-state index in [4.69, 9.17) is 0 Å². The predicted molar refractivity (Wildman–Crippen MR) is 66.3 cm³/mol. The van der Waals surface area contributed by atoms with Crippen molar-refractivity contribution in [2.45, 2.75) is 52.1 Å². The van der Waals surface area contributed by atoms with Gasteiger partial charge in [-0.25, -0.2) is 4.98 Å². The number of aromatic nitrogens is 2. The van der Waals surface area contributed by atoms with Gasteiger partial charge in [0, 0.05) is 31.5 Å². The molecule has 0 aromatic carbocycles. The lowest BCUT2D eigenvalue weighted by Crippen LogP contribution is -2.38. The van der Waals surface area contributed by atoms with Gasteiger partial charge in [0.2, 0.25) is 0 Å². The molecule has 0 radical (unpaired) electrons. The van der Waals surface area contributed by atoms with Crippen molar-refractivity contribution in [1.29, 1.82) is 0 Å². The Kier molecular flexibility index (Phi) is 3.64. The summed E-state index contributed by atoms with van der Waals surface area (Å²) in [6, 6.07) is 0.715. The molecule has 0 spiro atoms. The number of hydrogen-bond acceptors (Lipinski definition) is 2. The van der Waals surface area contributed by atoms with E-state index in [0.29, 0.717) is 11.5 Å². The van der Waals surface area contributed by atoms with E-state index in [0.717, 1.165) is 13.1 Å². The third-order valence-corrected chi connectivity index (χ3v) is 3.57. The predicted octanol–water partition coefficient (Wildman–Crippen LogP) is 2.44. The van der Waals surface area contributed by atoms with Crippen LogP contribution in [0.5, 0.6) is 0 Å². The highest BCUT2D eigenvalue weighted by Crippen LogP contribution is 2.34. The number of rotatable bonds is 4. The molecule has 1 heterocycles. The molecular formula is C13H23N3. The lowest BCUT2D eigenvalue weighted by Gasteiger charge is -2.35. The Balaban J connectivity index is 1.70. The highest BCUT2D eigenvalue weighted by molar-refractivity contribution is 4.83. The van der Waals surface area contributed by atoms with Crippen molar-refractivity contribution in [1.82, 2.24) is 14.9 Å². The molecule has 1 atom stereocenters. The number of nitrogens with zero attached hydrogens (tertiary/aromatic N) is 2. The molecule has 3 nitrogen and oxygen atoms in total. The Morgan fingerprint density at radius 1 is 1.50 bits per heavy atom. The maximum absolute atomic E-state index is 4.05. The third kappa shape index (κ3) is 3.34. The van der Waals surface area contributed by atoms with E-state index in [2.05, 4.69) is 28.7 Å². The first-order chi connectivity index (χ1) is 7.66. The van der Waals surface area contributed by atoms with E-state index in [-0.39, 0.29) is 0 Å². The van der Waals surface area contributed by atoms with Crippen LogP contribution in [0, 0.1) is 5.41 Å². The van der Waals surface area contributed by atoms with Crippen LogP contribution >= 0.6 is 0 Å². The van der Waals surface area contributed by atoms with Crippen LogP contribution in [0.15, 0.2) is 18.7 Å². The van der Waals surface area contributed by atoms with Gasteiger partial charge < -0.3 is 9.88 Å². The summed E-state index contributed by atoms with van der Waals surface area (Å²) in [4.78, 5) is 4.05. The SMILES string of the molecule is CC1(C)CCCC(NCCn2ccnc2)C1. The first-order valence-corrected chi connectivity index (χ1v) is 6.35. The van der Waals surface area contributed by atoms with E-state index < -0.39 is 0 Å². The Bertz CT molecular complexity index is 303. The van der Waals surface area contributed by atoms with Crippen molar-refractivity contribution in [2.24, 2.45) is 5.41 Å². The van der Waals surface area contributed by atoms with Gasteiger partial charge in [0.05, 0.1) is 6.33 Å². The molecule has 1 aromatic rings. The van der Waals surface area contributed by atoms with Crippen molar-refractivity contribution in [3.05, 3.63) is 18.7 Å². The molecule has 0 amide bonds. The van der Waals surface area contributed by atoms with Gasteiger partial charge in [0.1, 0.15) is 0 Å². The van der Waals surface area contributed by atoms with Crippen LogP contribution in [0.25, 0.3) is 0 Å². The Hall–Kier alpha value is -0.830. The van der Waals surface area contributed by atoms with Crippen molar-refractivity contribution in [3.8, 4) is 0 Å². The summed E-state index contributed by atoms with van der Waals surface area (Å²) in [6.07, 6.45) is 11.1. The largest absolute Gasteiger partial charge is 0.336 e. The average molecular weight is 221 g/mol. The quantitative estimate of drug-likeness (QED) is 0.846. The molecule has 1 N–H and O–H groups in total. The summed E-state index contributed by atoms with van der Waals surface area (Å²) in [6.45, 7) is 6.85. The smallest absolute Gasteiger partial charge is 0.0946 e. The summed E-state index contributed by atoms with van der Waals surface area (Å²) in [5, 5.41) is 3.67. The fraction of sp³-hybridized carbons (Fsp3) is 0.769. The molecule has 0 aliphatic heterocycles. The zero-order valence-corrected chi connectivity index (χ0v) is 10.4. The van der Waals surface area contributed by atoms with Crippen LogP contribution in [-0.4, -0.2) is 22.1 Å².